The number of halogens is 2. The van der Waals surface area contributed by atoms with Crippen LogP contribution in [0.3, 0.4) is 0 Å². The van der Waals surface area contributed by atoms with Gasteiger partial charge in [-0.15, -0.1) is 0 Å². The molecule has 1 aliphatic rings. The maximum absolute atomic E-state index is 13.6. The average Bonchev–Trinajstić information content (AvgIpc) is 2.36. The largest absolute Gasteiger partial charge is 0.381 e. The molecule has 2 nitrogen and oxygen atoms in total. The van der Waals surface area contributed by atoms with Crippen molar-refractivity contribution in [1.29, 1.82) is 0 Å². The lowest BCUT2D eigenvalue weighted by atomic mass is 9.89. The van der Waals surface area contributed by atoms with Gasteiger partial charge in [-0.3, -0.25) is 0 Å². The van der Waals surface area contributed by atoms with Crippen LogP contribution >= 0.6 is 0 Å². The fraction of sp³-hybridized carbons (Fsp3) is 0.571. The zero-order valence-electron chi connectivity index (χ0n) is 10.6. The van der Waals surface area contributed by atoms with E-state index in [1.54, 1.807) is 0 Å². The smallest absolute Gasteiger partial charge is 0.129 e. The lowest BCUT2D eigenvalue weighted by Crippen LogP contribution is -2.43. The second-order valence-corrected chi connectivity index (χ2v) is 4.69. The van der Waals surface area contributed by atoms with Crippen molar-refractivity contribution >= 4 is 0 Å². The van der Waals surface area contributed by atoms with Gasteiger partial charge in [0.2, 0.25) is 0 Å². The summed E-state index contributed by atoms with van der Waals surface area (Å²) in [5.74, 6) is -0.795. The highest BCUT2D eigenvalue weighted by Crippen LogP contribution is 2.23. The minimum atomic E-state index is -0.462. The summed E-state index contributed by atoms with van der Waals surface area (Å²) in [5.41, 5.74) is 0.177. The van der Waals surface area contributed by atoms with Crippen molar-refractivity contribution < 1.29 is 13.5 Å². The molecule has 18 heavy (non-hydrogen) atoms. The van der Waals surface area contributed by atoms with E-state index in [-0.39, 0.29) is 17.5 Å². The summed E-state index contributed by atoms with van der Waals surface area (Å²) in [6.07, 6.45) is 1.28. The van der Waals surface area contributed by atoms with Crippen LogP contribution in [0.2, 0.25) is 0 Å². The predicted molar refractivity (Wildman–Crippen MR) is 66.5 cm³/mol. The van der Waals surface area contributed by atoms with Crippen molar-refractivity contribution in [2.24, 2.45) is 5.92 Å². The van der Waals surface area contributed by atoms with Gasteiger partial charge in [-0.2, -0.15) is 0 Å². The quantitative estimate of drug-likeness (QED) is 0.892. The second kappa shape index (κ2) is 6.25. The molecule has 100 valence electrons. The van der Waals surface area contributed by atoms with Crippen molar-refractivity contribution in [3.63, 3.8) is 0 Å². The van der Waals surface area contributed by atoms with Crippen molar-refractivity contribution in [1.82, 2.24) is 5.32 Å². The molecule has 1 saturated heterocycles. The van der Waals surface area contributed by atoms with Crippen LogP contribution in [-0.2, 0) is 11.2 Å². The molecular weight excluding hydrogens is 236 g/mol. The van der Waals surface area contributed by atoms with Crippen molar-refractivity contribution in [2.45, 2.75) is 25.8 Å². The van der Waals surface area contributed by atoms with Gasteiger partial charge in [-0.25, -0.2) is 8.78 Å². The molecule has 2 atom stereocenters. The lowest BCUT2D eigenvalue weighted by molar-refractivity contribution is 0.0321. The molecule has 0 spiro atoms. The molecular formula is C14H19F2NO. The minimum absolute atomic E-state index is 0.130. The van der Waals surface area contributed by atoms with E-state index in [9.17, 15) is 8.78 Å². The standard InChI is InChI=1S/C14H19F2NO/c1-2-17-14-6-7-18-9-10(14)8-11-12(15)4-3-5-13(11)16/h3-5,10,14,17H,2,6-9H2,1H3. The van der Waals surface area contributed by atoms with Crippen LogP contribution in [0.15, 0.2) is 18.2 Å². The molecule has 2 rings (SSSR count). The van der Waals surface area contributed by atoms with Crippen LogP contribution in [0.1, 0.15) is 18.9 Å². The summed E-state index contributed by atoms with van der Waals surface area (Å²) in [6, 6.07) is 4.30. The van der Waals surface area contributed by atoms with Gasteiger partial charge >= 0.3 is 0 Å². The molecule has 0 radical (unpaired) electrons. The molecule has 0 amide bonds. The number of benzene rings is 1. The van der Waals surface area contributed by atoms with Crippen molar-refractivity contribution in [3.8, 4) is 0 Å². The Kier molecular flexibility index (Phi) is 4.66. The van der Waals surface area contributed by atoms with Gasteiger partial charge in [-0.05, 0) is 31.5 Å². The van der Waals surface area contributed by atoms with Gasteiger partial charge in [0.05, 0.1) is 6.61 Å². The van der Waals surface area contributed by atoms with E-state index < -0.39 is 11.6 Å². The fourth-order valence-corrected chi connectivity index (χ4v) is 2.52. The van der Waals surface area contributed by atoms with Crippen molar-refractivity contribution in [3.05, 3.63) is 35.4 Å². The van der Waals surface area contributed by atoms with E-state index >= 15 is 0 Å². The van der Waals surface area contributed by atoms with Crippen molar-refractivity contribution in [2.75, 3.05) is 19.8 Å². The van der Waals surface area contributed by atoms with Crippen LogP contribution in [0.5, 0.6) is 0 Å². The highest BCUT2D eigenvalue weighted by molar-refractivity contribution is 5.20. The lowest BCUT2D eigenvalue weighted by Gasteiger charge is -2.32. The summed E-state index contributed by atoms with van der Waals surface area (Å²) >= 11 is 0. The molecule has 2 unspecified atom stereocenters. The fourth-order valence-electron chi connectivity index (χ4n) is 2.52. The summed E-state index contributed by atoms with van der Waals surface area (Å²) in [5, 5.41) is 3.37. The highest BCUT2D eigenvalue weighted by atomic mass is 19.1. The first-order valence-electron chi connectivity index (χ1n) is 6.46. The number of ether oxygens (including phenoxy) is 1. The first-order chi connectivity index (χ1) is 8.72. The summed E-state index contributed by atoms with van der Waals surface area (Å²) in [4.78, 5) is 0. The molecule has 1 aromatic rings. The Morgan fingerprint density at radius 1 is 1.33 bits per heavy atom. The van der Waals surface area contributed by atoms with E-state index in [2.05, 4.69) is 5.32 Å². The van der Waals surface area contributed by atoms with Crippen LogP contribution in [0.4, 0.5) is 8.78 Å². The van der Waals surface area contributed by atoms with Gasteiger partial charge in [0, 0.05) is 24.1 Å². The third-order valence-electron chi connectivity index (χ3n) is 3.47. The number of rotatable bonds is 4. The Bertz CT molecular complexity index is 375. The van der Waals surface area contributed by atoms with Gasteiger partial charge in [0.25, 0.3) is 0 Å². The zero-order valence-corrected chi connectivity index (χ0v) is 10.6. The Labute approximate surface area is 106 Å². The third kappa shape index (κ3) is 3.06. The molecule has 4 heteroatoms. The third-order valence-corrected chi connectivity index (χ3v) is 3.47. The molecule has 1 fully saturated rings. The molecule has 1 N–H and O–H groups in total. The molecule has 0 saturated carbocycles. The van der Waals surface area contributed by atoms with E-state index in [1.807, 2.05) is 6.92 Å². The number of nitrogens with one attached hydrogen (secondary N) is 1. The van der Waals surface area contributed by atoms with E-state index in [0.29, 0.717) is 19.6 Å². The van der Waals surface area contributed by atoms with Gasteiger partial charge < -0.3 is 10.1 Å². The Morgan fingerprint density at radius 2 is 2.06 bits per heavy atom. The SMILES string of the molecule is CCNC1CCOCC1Cc1c(F)cccc1F. The van der Waals surface area contributed by atoms with Crippen LogP contribution in [0.25, 0.3) is 0 Å². The first kappa shape index (κ1) is 13.4. The second-order valence-electron chi connectivity index (χ2n) is 4.69. The van der Waals surface area contributed by atoms with E-state index in [0.717, 1.165) is 13.0 Å². The van der Waals surface area contributed by atoms with Crippen LogP contribution < -0.4 is 5.32 Å². The topological polar surface area (TPSA) is 21.3 Å². The summed E-state index contributed by atoms with van der Waals surface area (Å²) in [6.45, 7) is 4.18. The molecule has 1 aromatic carbocycles. The van der Waals surface area contributed by atoms with Crippen LogP contribution in [0, 0.1) is 17.6 Å². The van der Waals surface area contributed by atoms with E-state index in [4.69, 9.17) is 4.74 Å². The first-order valence-corrected chi connectivity index (χ1v) is 6.46. The predicted octanol–water partition coefficient (Wildman–Crippen LogP) is 2.52. The molecule has 1 aliphatic heterocycles. The summed E-state index contributed by atoms with van der Waals surface area (Å²) < 4.78 is 32.7. The zero-order chi connectivity index (χ0) is 13.0. The number of hydrogen-bond donors (Lipinski definition) is 1. The molecule has 1 heterocycles. The molecule has 0 bridgehead atoms. The van der Waals surface area contributed by atoms with Crippen LogP contribution in [-0.4, -0.2) is 25.8 Å². The number of hydrogen-bond acceptors (Lipinski definition) is 2. The van der Waals surface area contributed by atoms with Gasteiger partial charge in [0.1, 0.15) is 11.6 Å². The average molecular weight is 255 g/mol. The normalized spacial score (nSPS) is 24.2. The van der Waals surface area contributed by atoms with E-state index in [1.165, 1.54) is 18.2 Å². The molecule has 0 aromatic heterocycles. The highest BCUT2D eigenvalue weighted by Gasteiger charge is 2.27. The molecule has 0 aliphatic carbocycles. The van der Waals surface area contributed by atoms with Gasteiger partial charge in [-0.1, -0.05) is 13.0 Å². The minimum Gasteiger partial charge on any atom is -0.381 e. The maximum atomic E-state index is 13.6. The summed E-state index contributed by atoms with van der Waals surface area (Å²) in [7, 11) is 0. The monoisotopic (exact) mass is 255 g/mol. The Hall–Kier alpha value is -1.00. The maximum Gasteiger partial charge on any atom is 0.129 e. The Morgan fingerprint density at radius 3 is 2.72 bits per heavy atom. The Balaban J connectivity index is 2.11. The van der Waals surface area contributed by atoms with Gasteiger partial charge in [0.15, 0.2) is 0 Å².